The van der Waals surface area contributed by atoms with Crippen molar-refractivity contribution < 1.29 is 4.79 Å². The highest BCUT2D eigenvalue weighted by molar-refractivity contribution is 5.73. The molecule has 4 nitrogen and oxygen atoms in total. The molecule has 1 amide bonds. The molecule has 0 aromatic carbocycles. The zero-order valence-electron chi connectivity index (χ0n) is 9.09. The van der Waals surface area contributed by atoms with Gasteiger partial charge in [-0.15, -0.1) is 0 Å². The van der Waals surface area contributed by atoms with Crippen LogP contribution in [-0.4, -0.2) is 19.0 Å². The quantitative estimate of drug-likeness (QED) is 0.583. The summed E-state index contributed by atoms with van der Waals surface area (Å²) in [4.78, 5) is 10.5. The maximum absolute atomic E-state index is 10.5. The van der Waals surface area contributed by atoms with E-state index in [-0.39, 0.29) is 11.3 Å². The second-order valence-electron chi connectivity index (χ2n) is 4.44. The van der Waals surface area contributed by atoms with Gasteiger partial charge in [0.2, 0.25) is 5.91 Å². The molecular weight excluding hydrogens is 190 g/mol. The fourth-order valence-electron chi connectivity index (χ4n) is 1.66. The molecule has 3 N–H and O–H groups in total. The summed E-state index contributed by atoms with van der Waals surface area (Å²) in [5.41, 5.74) is 5.31. The van der Waals surface area contributed by atoms with Gasteiger partial charge in [0.25, 0.3) is 0 Å². The molecule has 0 atom stereocenters. The molecule has 0 saturated heterocycles. The van der Waals surface area contributed by atoms with E-state index in [0.717, 1.165) is 25.9 Å². The Morgan fingerprint density at radius 3 is 2.73 bits per heavy atom. The van der Waals surface area contributed by atoms with Crippen LogP contribution in [0.4, 0.5) is 0 Å². The molecule has 0 aromatic heterocycles. The van der Waals surface area contributed by atoms with E-state index in [1.165, 1.54) is 12.8 Å². The molecule has 1 rings (SSSR count). The van der Waals surface area contributed by atoms with Gasteiger partial charge in [-0.3, -0.25) is 4.79 Å². The lowest BCUT2D eigenvalue weighted by Gasteiger charge is -2.11. The van der Waals surface area contributed by atoms with Crippen LogP contribution >= 0.6 is 0 Å². The maximum Gasteiger partial charge on any atom is 0.217 e. The predicted molar refractivity (Wildman–Crippen MR) is 57.8 cm³/mol. The molecule has 0 spiro atoms. The standard InChI is InChI=1S/C11H19N3O/c12-7-6-11(4-5-11)9-14-8-2-1-3-10(13)15/h14H,1-6,8-9H2,(H2,13,15). The second kappa shape index (κ2) is 5.72. The van der Waals surface area contributed by atoms with Crippen molar-refractivity contribution in [1.29, 1.82) is 5.26 Å². The van der Waals surface area contributed by atoms with Crippen molar-refractivity contribution in [3.05, 3.63) is 0 Å². The van der Waals surface area contributed by atoms with Crippen LogP contribution in [0.1, 0.15) is 38.5 Å². The van der Waals surface area contributed by atoms with Crippen molar-refractivity contribution in [1.82, 2.24) is 5.32 Å². The molecule has 0 aromatic rings. The molecular formula is C11H19N3O. The number of hydrogen-bond donors (Lipinski definition) is 2. The minimum atomic E-state index is -0.224. The van der Waals surface area contributed by atoms with E-state index in [1.54, 1.807) is 0 Å². The molecule has 84 valence electrons. The Morgan fingerprint density at radius 2 is 2.20 bits per heavy atom. The number of carbonyl (C=O) groups excluding carboxylic acids is 1. The maximum atomic E-state index is 10.5. The molecule has 0 aliphatic heterocycles. The van der Waals surface area contributed by atoms with Gasteiger partial charge in [-0.25, -0.2) is 0 Å². The van der Waals surface area contributed by atoms with E-state index in [9.17, 15) is 4.79 Å². The molecule has 1 aliphatic carbocycles. The Balaban J connectivity index is 1.93. The zero-order valence-corrected chi connectivity index (χ0v) is 9.09. The molecule has 1 aliphatic rings. The van der Waals surface area contributed by atoms with Crippen LogP contribution in [0.5, 0.6) is 0 Å². The van der Waals surface area contributed by atoms with Gasteiger partial charge in [0.1, 0.15) is 0 Å². The summed E-state index contributed by atoms with van der Waals surface area (Å²) in [5, 5.41) is 12.0. The third-order valence-electron chi connectivity index (χ3n) is 2.94. The molecule has 0 unspecified atom stereocenters. The third-order valence-corrected chi connectivity index (χ3v) is 2.94. The average molecular weight is 209 g/mol. The molecule has 0 bridgehead atoms. The fourth-order valence-corrected chi connectivity index (χ4v) is 1.66. The lowest BCUT2D eigenvalue weighted by Crippen LogP contribution is -2.25. The molecule has 1 fully saturated rings. The number of unbranched alkanes of at least 4 members (excludes halogenated alkanes) is 1. The van der Waals surface area contributed by atoms with Crippen LogP contribution in [0.25, 0.3) is 0 Å². The first-order valence-electron chi connectivity index (χ1n) is 5.54. The molecule has 15 heavy (non-hydrogen) atoms. The van der Waals surface area contributed by atoms with Gasteiger partial charge in [0.15, 0.2) is 0 Å². The largest absolute Gasteiger partial charge is 0.370 e. The van der Waals surface area contributed by atoms with Crippen LogP contribution in [0.2, 0.25) is 0 Å². The summed E-state index contributed by atoms with van der Waals surface area (Å²) < 4.78 is 0. The van der Waals surface area contributed by atoms with E-state index in [1.807, 2.05) is 0 Å². The van der Waals surface area contributed by atoms with Gasteiger partial charge in [0, 0.05) is 19.4 Å². The summed E-state index contributed by atoms with van der Waals surface area (Å²) >= 11 is 0. The minimum Gasteiger partial charge on any atom is -0.370 e. The fraction of sp³-hybridized carbons (Fsp3) is 0.818. The molecule has 1 saturated carbocycles. The number of hydrogen-bond acceptors (Lipinski definition) is 3. The zero-order chi connectivity index (χ0) is 11.1. The van der Waals surface area contributed by atoms with Gasteiger partial charge < -0.3 is 11.1 Å². The smallest absolute Gasteiger partial charge is 0.217 e. The van der Waals surface area contributed by atoms with Crippen molar-refractivity contribution in [2.24, 2.45) is 11.1 Å². The number of amides is 1. The first-order chi connectivity index (χ1) is 7.18. The Hall–Kier alpha value is -1.08. The van der Waals surface area contributed by atoms with Crippen LogP contribution in [0.15, 0.2) is 0 Å². The molecule has 0 radical (unpaired) electrons. The monoisotopic (exact) mass is 209 g/mol. The predicted octanol–water partition coefficient (Wildman–Crippen LogP) is 0.925. The van der Waals surface area contributed by atoms with Crippen LogP contribution in [0.3, 0.4) is 0 Å². The highest BCUT2D eigenvalue weighted by Crippen LogP contribution is 2.47. The summed E-state index contributed by atoms with van der Waals surface area (Å²) in [6.45, 7) is 1.86. The Kier molecular flexibility index (Phi) is 4.57. The molecule has 0 heterocycles. The topological polar surface area (TPSA) is 78.9 Å². The minimum absolute atomic E-state index is 0.224. The highest BCUT2D eigenvalue weighted by atomic mass is 16.1. The van der Waals surface area contributed by atoms with Crippen LogP contribution in [0, 0.1) is 16.7 Å². The van der Waals surface area contributed by atoms with Gasteiger partial charge in [-0.05, 0) is 37.6 Å². The first kappa shape index (κ1) is 12.0. The summed E-state index contributed by atoms with van der Waals surface area (Å²) in [5.74, 6) is -0.224. The Labute approximate surface area is 90.8 Å². The van der Waals surface area contributed by atoms with Crippen molar-refractivity contribution in [3.63, 3.8) is 0 Å². The lowest BCUT2D eigenvalue weighted by molar-refractivity contribution is -0.118. The number of primary amides is 1. The summed E-state index contributed by atoms with van der Waals surface area (Å²) in [6.07, 6.45) is 5.33. The van der Waals surface area contributed by atoms with E-state index in [0.29, 0.717) is 12.8 Å². The van der Waals surface area contributed by atoms with Gasteiger partial charge in [-0.1, -0.05) is 0 Å². The van der Waals surface area contributed by atoms with Crippen molar-refractivity contribution in [2.45, 2.75) is 38.5 Å². The lowest BCUT2D eigenvalue weighted by atomic mass is 10.0. The third kappa shape index (κ3) is 4.80. The number of rotatable bonds is 8. The Morgan fingerprint density at radius 1 is 1.47 bits per heavy atom. The highest BCUT2D eigenvalue weighted by Gasteiger charge is 2.41. The van der Waals surface area contributed by atoms with Gasteiger partial charge >= 0.3 is 0 Å². The number of nitrogens with two attached hydrogens (primary N) is 1. The average Bonchev–Trinajstić information content (AvgIpc) is 2.92. The van der Waals surface area contributed by atoms with Gasteiger partial charge in [0.05, 0.1) is 6.07 Å². The van der Waals surface area contributed by atoms with Gasteiger partial charge in [-0.2, -0.15) is 5.26 Å². The van der Waals surface area contributed by atoms with Crippen molar-refractivity contribution in [3.8, 4) is 6.07 Å². The van der Waals surface area contributed by atoms with Crippen LogP contribution < -0.4 is 11.1 Å². The van der Waals surface area contributed by atoms with Crippen LogP contribution in [-0.2, 0) is 4.79 Å². The van der Waals surface area contributed by atoms with E-state index in [2.05, 4.69) is 11.4 Å². The van der Waals surface area contributed by atoms with E-state index >= 15 is 0 Å². The number of nitriles is 1. The van der Waals surface area contributed by atoms with Crippen molar-refractivity contribution >= 4 is 5.91 Å². The Bertz CT molecular complexity index is 253. The molecule has 4 heteroatoms. The van der Waals surface area contributed by atoms with E-state index in [4.69, 9.17) is 11.0 Å². The number of nitrogens with one attached hydrogen (secondary N) is 1. The normalized spacial score (nSPS) is 17.0. The second-order valence-corrected chi connectivity index (χ2v) is 4.44. The summed E-state index contributed by atoms with van der Waals surface area (Å²) in [7, 11) is 0. The SMILES string of the molecule is N#CCC1(CNCCCCC(N)=O)CC1. The van der Waals surface area contributed by atoms with Crippen molar-refractivity contribution in [2.75, 3.05) is 13.1 Å². The first-order valence-corrected chi connectivity index (χ1v) is 5.54. The van der Waals surface area contributed by atoms with E-state index < -0.39 is 0 Å². The number of nitrogens with zero attached hydrogens (tertiary/aromatic N) is 1. The summed E-state index contributed by atoms with van der Waals surface area (Å²) in [6, 6.07) is 2.24. The number of carbonyl (C=O) groups is 1.